The first-order chi connectivity index (χ1) is 6.52. The summed E-state index contributed by atoms with van der Waals surface area (Å²) in [5.41, 5.74) is -0.334. The van der Waals surface area contributed by atoms with Crippen molar-refractivity contribution in [3.05, 3.63) is 35.1 Å². The molecule has 1 rings (SSSR count). The molecule has 0 radical (unpaired) electrons. The van der Waals surface area contributed by atoms with Gasteiger partial charge in [-0.1, -0.05) is 5.92 Å². The Morgan fingerprint density at radius 2 is 1.86 bits per heavy atom. The predicted molar refractivity (Wildman–Crippen MR) is 43.9 cm³/mol. The van der Waals surface area contributed by atoms with Crippen molar-refractivity contribution < 1.29 is 18.0 Å². The number of benzene rings is 1. The van der Waals surface area contributed by atoms with Gasteiger partial charge < -0.3 is 0 Å². The Morgan fingerprint density at radius 1 is 1.21 bits per heavy atom. The third-order valence-corrected chi connectivity index (χ3v) is 1.41. The smallest absolute Gasteiger partial charge is 0.202 e. The lowest BCUT2D eigenvalue weighted by atomic mass is 10.2. The number of carbonyl (C=O) groups excluding carboxylic acids is 1. The van der Waals surface area contributed by atoms with Crippen LogP contribution in [0.4, 0.5) is 13.2 Å². The first-order valence-electron chi connectivity index (χ1n) is 3.68. The van der Waals surface area contributed by atoms with Crippen molar-refractivity contribution in [1.29, 1.82) is 0 Å². The van der Waals surface area contributed by atoms with E-state index in [0.717, 1.165) is 12.1 Å². The number of hydrogen-bond donors (Lipinski definition) is 0. The zero-order chi connectivity index (χ0) is 10.7. The van der Waals surface area contributed by atoms with Crippen LogP contribution in [0.1, 0.15) is 12.5 Å². The first-order valence-corrected chi connectivity index (χ1v) is 3.68. The van der Waals surface area contributed by atoms with E-state index in [9.17, 15) is 18.0 Å². The quantitative estimate of drug-likeness (QED) is 0.460. The molecule has 0 aliphatic rings. The highest BCUT2D eigenvalue weighted by Crippen LogP contribution is 2.13. The maximum absolute atomic E-state index is 12.9. The fourth-order valence-electron chi connectivity index (χ4n) is 0.778. The fraction of sp³-hybridized carbons (Fsp3) is 0.100. The van der Waals surface area contributed by atoms with E-state index in [0.29, 0.717) is 0 Å². The summed E-state index contributed by atoms with van der Waals surface area (Å²) in [7, 11) is 0. The van der Waals surface area contributed by atoms with Gasteiger partial charge in [0, 0.05) is 6.92 Å². The summed E-state index contributed by atoms with van der Waals surface area (Å²) >= 11 is 0. The van der Waals surface area contributed by atoms with Gasteiger partial charge in [0.15, 0.2) is 17.5 Å². The van der Waals surface area contributed by atoms with E-state index in [1.54, 1.807) is 0 Å². The molecule has 0 spiro atoms. The van der Waals surface area contributed by atoms with Crippen LogP contribution < -0.4 is 0 Å². The summed E-state index contributed by atoms with van der Waals surface area (Å²) in [4.78, 5) is 10.4. The van der Waals surface area contributed by atoms with Crippen molar-refractivity contribution in [3.63, 3.8) is 0 Å². The second kappa shape index (κ2) is 3.97. The number of Topliss-reactive ketones (excluding diaryl/α,β-unsaturated/α-hetero) is 1. The van der Waals surface area contributed by atoms with Gasteiger partial charge in [-0.3, -0.25) is 4.79 Å². The highest BCUT2D eigenvalue weighted by molar-refractivity contribution is 5.93. The second-order valence-corrected chi connectivity index (χ2v) is 2.53. The lowest BCUT2D eigenvalue weighted by molar-refractivity contribution is -0.111. The molecule has 1 nitrogen and oxygen atoms in total. The van der Waals surface area contributed by atoms with Gasteiger partial charge in [-0.2, -0.15) is 0 Å². The molecular weight excluding hydrogens is 193 g/mol. The molecule has 72 valence electrons. The lowest BCUT2D eigenvalue weighted by Crippen LogP contribution is -1.94. The summed E-state index contributed by atoms with van der Waals surface area (Å²) in [6, 6.07) is 1.73. The first kappa shape index (κ1) is 10.3. The summed E-state index contributed by atoms with van der Waals surface area (Å²) in [5.74, 6) is -0.588. The number of carbonyl (C=O) groups is 1. The van der Waals surface area contributed by atoms with E-state index < -0.39 is 23.2 Å². The fourth-order valence-corrected chi connectivity index (χ4v) is 0.778. The highest BCUT2D eigenvalue weighted by atomic mass is 19.2. The van der Waals surface area contributed by atoms with Gasteiger partial charge in [0.2, 0.25) is 5.78 Å². The Labute approximate surface area is 78.5 Å². The van der Waals surface area contributed by atoms with E-state index >= 15 is 0 Å². The Hall–Kier alpha value is -1.76. The van der Waals surface area contributed by atoms with Crippen LogP contribution in [0.5, 0.6) is 0 Å². The normalized spacial score (nSPS) is 9.14. The largest absolute Gasteiger partial charge is 0.285 e. The SMILES string of the molecule is CC(=O)C#Cc1ccc(F)c(F)c1F. The van der Waals surface area contributed by atoms with Gasteiger partial charge in [-0.15, -0.1) is 0 Å². The standard InChI is InChI=1S/C10H5F3O/c1-6(14)2-3-7-4-5-8(11)10(13)9(7)12/h4-5H,1H3. The summed E-state index contributed by atoms with van der Waals surface area (Å²) in [6.45, 7) is 1.19. The Bertz CT molecular complexity index is 441. The zero-order valence-electron chi connectivity index (χ0n) is 7.20. The molecule has 0 heterocycles. The molecule has 0 N–H and O–H groups in total. The third kappa shape index (κ3) is 2.13. The zero-order valence-corrected chi connectivity index (χ0v) is 7.20. The van der Waals surface area contributed by atoms with Crippen molar-refractivity contribution >= 4 is 5.78 Å². The van der Waals surface area contributed by atoms with Crippen LogP contribution in [0.25, 0.3) is 0 Å². The van der Waals surface area contributed by atoms with Crippen LogP contribution in [0, 0.1) is 29.3 Å². The van der Waals surface area contributed by atoms with E-state index in [-0.39, 0.29) is 5.56 Å². The number of rotatable bonds is 0. The number of halogens is 3. The Kier molecular flexibility index (Phi) is 2.92. The van der Waals surface area contributed by atoms with Crippen molar-refractivity contribution in [1.82, 2.24) is 0 Å². The van der Waals surface area contributed by atoms with Gasteiger partial charge >= 0.3 is 0 Å². The molecule has 14 heavy (non-hydrogen) atoms. The van der Waals surface area contributed by atoms with E-state index in [2.05, 4.69) is 5.92 Å². The maximum atomic E-state index is 12.9. The average molecular weight is 198 g/mol. The van der Waals surface area contributed by atoms with E-state index in [4.69, 9.17) is 0 Å². The molecule has 1 aromatic carbocycles. The highest BCUT2D eigenvalue weighted by Gasteiger charge is 2.11. The van der Waals surface area contributed by atoms with Crippen LogP contribution in [0.2, 0.25) is 0 Å². The molecule has 0 saturated carbocycles. The van der Waals surface area contributed by atoms with Crippen molar-refractivity contribution in [2.75, 3.05) is 0 Å². The molecule has 0 amide bonds. The maximum Gasteiger partial charge on any atom is 0.202 e. The Balaban J connectivity index is 3.20. The molecule has 0 fully saturated rings. The number of hydrogen-bond acceptors (Lipinski definition) is 1. The third-order valence-electron chi connectivity index (χ3n) is 1.41. The predicted octanol–water partition coefficient (Wildman–Crippen LogP) is 2.04. The van der Waals surface area contributed by atoms with Gasteiger partial charge in [-0.25, -0.2) is 13.2 Å². The average Bonchev–Trinajstić information content (AvgIpc) is 2.13. The monoisotopic (exact) mass is 198 g/mol. The van der Waals surface area contributed by atoms with Crippen LogP contribution in [-0.2, 0) is 4.79 Å². The molecule has 0 unspecified atom stereocenters. The van der Waals surface area contributed by atoms with Gasteiger partial charge in [0.05, 0.1) is 5.56 Å². The minimum Gasteiger partial charge on any atom is -0.285 e. The molecule has 1 aromatic rings. The summed E-state index contributed by atoms with van der Waals surface area (Å²) in [6.07, 6.45) is 0. The lowest BCUT2D eigenvalue weighted by Gasteiger charge is -1.96. The minimum absolute atomic E-state index is 0.334. The molecule has 4 heteroatoms. The van der Waals surface area contributed by atoms with Gasteiger partial charge in [0.1, 0.15) is 0 Å². The molecular formula is C10H5F3O. The van der Waals surface area contributed by atoms with Crippen LogP contribution in [0.3, 0.4) is 0 Å². The van der Waals surface area contributed by atoms with Gasteiger partial charge in [0.25, 0.3) is 0 Å². The van der Waals surface area contributed by atoms with E-state index in [1.165, 1.54) is 6.92 Å². The van der Waals surface area contributed by atoms with Gasteiger partial charge in [-0.05, 0) is 18.1 Å². The van der Waals surface area contributed by atoms with Crippen molar-refractivity contribution in [2.24, 2.45) is 0 Å². The molecule has 0 bridgehead atoms. The summed E-state index contributed by atoms with van der Waals surface area (Å²) in [5, 5.41) is 0. The van der Waals surface area contributed by atoms with Crippen LogP contribution in [-0.4, -0.2) is 5.78 Å². The second-order valence-electron chi connectivity index (χ2n) is 2.53. The Morgan fingerprint density at radius 3 is 2.43 bits per heavy atom. The molecule has 0 atom stereocenters. The molecule has 0 saturated heterocycles. The molecule has 0 aliphatic carbocycles. The van der Waals surface area contributed by atoms with Crippen molar-refractivity contribution in [2.45, 2.75) is 6.92 Å². The minimum atomic E-state index is -1.58. The van der Waals surface area contributed by atoms with E-state index in [1.807, 2.05) is 5.92 Å². The molecule has 0 aromatic heterocycles. The summed E-state index contributed by atoms with van der Waals surface area (Å²) < 4.78 is 37.9. The number of ketones is 1. The topological polar surface area (TPSA) is 17.1 Å². The molecule has 0 aliphatic heterocycles. The van der Waals surface area contributed by atoms with Crippen LogP contribution >= 0.6 is 0 Å². The van der Waals surface area contributed by atoms with Crippen molar-refractivity contribution in [3.8, 4) is 11.8 Å². The van der Waals surface area contributed by atoms with Crippen LogP contribution in [0.15, 0.2) is 12.1 Å².